The summed E-state index contributed by atoms with van der Waals surface area (Å²) < 4.78 is 0. The van der Waals surface area contributed by atoms with Gasteiger partial charge in [0.05, 0.1) is 12.2 Å². The summed E-state index contributed by atoms with van der Waals surface area (Å²) in [5.74, 6) is 1.20. The van der Waals surface area contributed by atoms with E-state index in [0.29, 0.717) is 31.3 Å². The second kappa shape index (κ2) is 7.87. The normalized spacial score (nSPS) is 12.7. The molecular formula is C13H24N4O. The fraction of sp³-hybridized carbons (Fsp3) is 0.692. The molecule has 0 fully saturated rings. The predicted molar refractivity (Wildman–Crippen MR) is 71.7 cm³/mol. The van der Waals surface area contributed by atoms with Gasteiger partial charge in [-0.05, 0) is 37.3 Å². The molecule has 1 rings (SSSR count). The van der Waals surface area contributed by atoms with Crippen molar-refractivity contribution in [3.05, 3.63) is 18.0 Å². The molecule has 0 saturated heterocycles. The molecule has 5 heteroatoms. The fourth-order valence-electron chi connectivity index (χ4n) is 2.01. The lowest BCUT2D eigenvalue weighted by Crippen LogP contribution is -2.24. The van der Waals surface area contributed by atoms with Gasteiger partial charge in [0, 0.05) is 12.6 Å². The number of nitrogens with one attached hydrogen (secondary N) is 2. The third-order valence-electron chi connectivity index (χ3n) is 3.26. The summed E-state index contributed by atoms with van der Waals surface area (Å²) in [5, 5.41) is 9.53. The highest BCUT2D eigenvalue weighted by molar-refractivity contribution is 5.75. The minimum atomic E-state index is 0.0901. The van der Waals surface area contributed by atoms with E-state index in [-0.39, 0.29) is 5.91 Å². The zero-order valence-corrected chi connectivity index (χ0v) is 11.3. The van der Waals surface area contributed by atoms with Gasteiger partial charge < -0.3 is 11.1 Å². The summed E-state index contributed by atoms with van der Waals surface area (Å²) >= 11 is 0. The SMILES string of the molecule is CC(C)C(CCN)CCC(=O)NCc1ccn[nH]1. The molecule has 0 aliphatic heterocycles. The van der Waals surface area contributed by atoms with Gasteiger partial charge in [-0.1, -0.05) is 13.8 Å². The van der Waals surface area contributed by atoms with Crippen molar-refractivity contribution in [3.63, 3.8) is 0 Å². The van der Waals surface area contributed by atoms with E-state index < -0.39 is 0 Å². The van der Waals surface area contributed by atoms with E-state index in [1.807, 2.05) is 6.07 Å². The Morgan fingerprint density at radius 1 is 1.50 bits per heavy atom. The third kappa shape index (κ3) is 5.31. The summed E-state index contributed by atoms with van der Waals surface area (Å²) in [6.45, 7) is 5.58. The largest absolute Gasteiger partial charge is 0.350 e. The van der Waals surface area contributed by atoms with Crippen LogP contribution >= 0.6 is 0 Å². The van der Waals surface area contributed by atoms with Gasteiger partial charge in [0.2, 0.25) is 5.91 Å². The van der Waals surface area contributed by atoms with Gasteiger partial charge in [0.15, 0.2) is 0 Å². The van der Waals surface area contributed by atoms with Crippen molar-refractivity contribution in [1.29, 1.82) is 0 Å². The second-order valence-corrected chi connectivity index (χ2v) is 4.98. The van der Waals surface area contributed by atoms with Crippen LogP contribution in [0.15, 0.2) is 12.3 Å². The summed E-state index contributed by atoms with van der Waals surface area (Å²) in [4.78, 5) is 11.7. The Balaban J connectivity index is 2.23. The minimum absolute atomic E-state index is 0.0901. The van der Waals surface area contributed by atoms with Crippen molar-refractivity contribution in [3.8, 4) is 0 Å². The first-order valence-corrected chi connectivity index (χ1v) is 6.58. The molecule has 1 heterocycles. The van der Waals surface area contributed by atoms with Gasteiger partial charge in [0.1, 0.15) is 0 Å². The smallest absolute Gasteiger partial charge is 0.220 e. The molecule has 1 unspecified atom stereocenters. The molecule has 18 heavy (non-hydrogen) atoms. The zero-order valence-electron chi connectivity index (χ0n) is 11.3. The molecule has 5 nitrogen and oxygen atoms in total. The van der Waals surface area contributed by atoms with Crippen molar-refractivity contribution < 1.29 is 4.79 Å². The number of nitrogens with zero attached hydrogens (tertiary/aromatic N) is 1. The Hall–Kier alpha value is -1.36. The van der Waals surface area contributed by atoms with E-state index in [4.69, 9.17) is 5.73 Å². The highest BCUT2D eigenvalue weighted by Crippen LogP contribution is 2.20. The maximum Gasteiger partial charge on any atom is 0.220 e. The molecule has 0 spiro atoms. The lowest BCUT2D eigenvalue weighted by Gasteiger charge is -2.19. The number of amides is 1. The first-order valence-electron chi connectivity index (χ1n) is 6.58. The number of aromatic amines is 1. The van der Waals surface area contributed by atoms with Crippen LogP contribution in [0.25, 0.3) is 0 Å². The van der Waals surface area contributed by atoms with Crippen molar-refractivity contribution >= 4 is 5.91 Å². The molecule has 0 radical (unpaired) electrons. The van der Waals surface area contributed by atoms with Crippen molar-refractivity contribution in [2.24, 2.45) is 17.6 Å². The Labute approximate surface area is 109 Å². The quantitative estimate of drug-likeness (QED) is 0.654. The van der Waals surface area contributed by atoms with E-state index >= 15 is 0 Å². The molecule has 0 aromatic carbocycles. The van der Waals surface area contributed by atoms with Crippen LogP contribution in [0.3, 0.4) is 0 Å². The lowest BCUT2D eigenvalue weighted by molar-refractivity contribution is -0.121. The van der Waals surface area contributed by atoms with Crippen LogP contribution in [-0.4, -0.2) is 22.6 Å². The van der Waals surface area contributed by atoms with Gasteiger partial charge in [-0.25, -0.2) is 0 Å². The number of nitrogens with two attached hydrogens (primary N) is 1. The molecule has 1 aromatic heterocycles. The first-order chi connectivity index (χ1) is 8.63. The first kappa shape index (κ1) is 14.7. The number of H-pyrrole nitrogens is 1. The van der Waals surface area contributed by atoms with E-state index in [0.717, 1.165) is 18.5 Å². The van der Waals surface area contributed by atoms with Crippen molar-refractivity contribution in [1.82, 2.24) is 15.5 Å². The van der Waals surface area contributed by atoms with Gasteiger partial charge in [-0.3, -0.25) is 9.89 Å². The van der Waals surface area contributed by atoms with Crippen LogP contribution in [0, 0.1) is 11.8 Å². The van der Waals surface area contributed by atoms with Crippen LogP contribution in [0.2, 0.25) is 0 Å². The topological polar surface area (TPSA) is 83.8 Å². The fourth-order valence-corrected chi connectivity index (χ4v) is 2.01. The highest BCUT2D eigenvalue weighted by Gasteiger charge is 2.14. The number of aromatic nitrogens is 2. The maximum atomic E-state index is 11.7. The second-order valence-electron chi connectivity index (χ2n) is 4.98. The summed E-state index contributed by atoms with van der Waals surface area (Å²) in [7, 11) is 0. The molecule has 0 saturated carbocycles. The van der Waals surface area contributed by atoms with E-state index in [1.54, 1.807) is 6.20 Å². The van der Waals surface area contributed by atoms with Gasteiger partial charge in [-0.2, -0.15) is 5.10 Å². The summed E-state index contributed by atoms with van der Waals surface area (Å²) in [6.07, 6.45) is 4.14. The molecule has 4 N–H and O–H groups in total. The number of carbonyl (C=O) groups is 1. The monoisotopic (exact) mass is 252 g/mol. The standard InChI is InChI=1S/C13H24N4O/c1-10(2)11(5-7-14)3-4-13(18)15-9-12-6-8-16-17-12/h6,8,10-11H,3-5,7,9,14H2,1-2H3,(H,15,18)(H,16,17). The van der Waals surface area contributed by atoms with E-state index in [2.05, 4.69) is 29.4 Å². The van der Waals surface area contributed by atoms with Crippen molar-refractivity contribution in [2.45, 2.75) is 39.7 Å². The molecule has 1 amide bonds. The Bertz CT molecular complexity index is 335. The predicted octanol–water partition coefficient (Wildman–Crippen LogP) is 1.43. The molecule has 1 atom stereocenters. The van der Waals surface area contributed by atoms with Crippen LogP contribution < -0.4 is 11.1 Å². The molecular weight excluding hydrogens is 228 g/mol. The van der Waals surface area contributed by atoms with E-state index in [9.17, 15) is 4.79 Å². The molecule has 0 aliphatic rings. The third-order valence-corrected chi connectivity index (χ3v) is 3.26. The Kier molecular flexibility index (Phi) is 6.43. The van der Waals surface area contributed by atoms with Gasteiger partial charge >= 0.3 is 0 Å². The minimum Gasteiger partial charge on any atom is -0.350 e. The number of rotatable bonds is 8. The van der Waals surface area contributed by atoms with Crippen molar-refractivity contribution in [2.75, 3.05) is 6.54 Å². The molecule has 0 bridgehead atoms. The summed E-state index contributed by atoms with van der Waals surface area (Å²) in [6, 6.07) is 1.85. The Morgan fingerprint density at radius 3 is 2.83 bits per heavy atom. The highest BCUT2D eigenvalue weighted by atomic mass is 16.1. The molecule has 0 aliphatic carbocycles. The zero-order chi connectivity index (χ0) is 13.4. The van der Waals surface area contributed by atoms with Gasteiger partial charge in [-0.15, -0.1) is 0 Å². The number of carbonyl (C=O) groups excluding carboxylic acids is 1. The average molecular weight is 252 g/mol. The van der Waals surface area contributed by atoms with Crippen LogP contribution in [0.1, 0.15) is 38.8 Å². The van der Waals surface area contributed by atoms with Crippen LogP contribution in [0.5, 0.6) is 0 Å². The maximum absolute atomic E-state index is 11.7. The number of hydrogen-bond acceptors (Lipinski definition) is 3. The van der Waals surface area contributed by atoms with Gasteiger partial charge in [0.25, 0.3) is 0 Å². The van der Waals surface area contributed by atoms with E-state index in [1.165, 1.54) is 0 Å². The average Bonchev–Trinajstić information content (AvgIpc) is 2.84. The van der Waals surface area contributed by atoms with Crippen LogP contribution in [-0.2, 0) is 11.3 Å². The lowest BCUT2D eigenvalue weighted by atomic mass is 9.88. The molecule has 102 valence electrons. The van der Waals surface area contributed by atoms with Crippen LogP contribution in [0.4, 0.5) is 0 Å². The summed E-state index contributed by atoms with van der Waals surface area (Å²) in [5.41, 5.74) is 6.51. The number of hydrogen-bond donors (Lipinski definition) is 3. The Morgan fingerprint density at radius 2 is 2.28 bits per heavy atom. The molecule has 1 aromatic rings.